The zero-order valence-electron chi connectivity index (χ0n) is 7.44. The number of hydrogen-bond acceptors (Lipinski definition) is 2. The number of hydrogen-bond donors (Lipinski definition) is 1. The molecule has 1 aromatic carbocycles. The fourth-order valence-electron chi connectivity index (χ4n) is 1.47. The second kappa shape index (κ2) is 3.37. The fourth-order valence-corrected chi connectivity index (χ4v) is 1.47. The maximum atomic E-state index is 12.8. The summed E-state index contributed by atoms with van der Waals surface area (Å²) in [7, 11) is 0. The van der Waals surface area contributed by atoms with Crippen LogP contribution in [-0.4, -0.2) is 12.9 Å². The molecule has 1 heterocycles. The van der Waals surface area contributed by atoms with Gasteiger partial charge in [-0.05, 0) is 18.2 Å². The first-order valence-electron chi connectivity index (χ1n) is 4.20. The number of ether oxygens (including phenoxy) is 1. The van der Waals surface area contributed by atoms with E-state index in [4.69, 9.17) is 0 Å². The Hall–Kier alpha value is -1.30. The van der Waals surface area contributed by atoms with Crippen LogP contribution >= 0.6 is 0 Å². The van der Waals surface area contributed by atoms with E-state index in [1.807, 2.05) is 0 Å². The van der Waals surface area contributed by atoms with Crippen LogP contribution in [-0.2, 0) is 4.74 Å². The first kappa shape index (κ1) is 10.2. The molecule has 1 atom stereocenters. The second-order valence-electron chi connectivity index (χ2n) is 3.14. The molecule has 0 fully saturated rings. The zero-order valence-corrected chi connectivity index (χ0v) is 7.44. The second-order valence-corrected chi connectivity index (χ2v) is 3.14. The van der Waals surface area contributed by atoms with Gasteiger partial charge in [0.25, 0.3) is 0 Å². The van der Waals surface area contributed by atoms with E-state index >= 15 is 0 Å². The van der Waals surface area contributed by atoms with Gasteiger partial charge in [0.05, 0.1) is 0 Å². The molecular weight excluding hydrogens is 214 g/mol. The molecular formula is C9H7F4NO. The molecule has 2 nitrogen and oxygen atoms in total. The topological polar surface area (TPSA) is 21.3 Å². The Morgan fingerprint density at radius 2 is 2.07 bits per heavy atom. The summed E-state index contributed by atoms with van der Waals surface area (Å²) in [6.07, 6.45) is -6.57. The Kier molecular flexibility index (Phi) is 2.30. The average Bonchev–Trinajstić information content (AvgIpc) is 2.15. The number of rotatable bonds is 0. The lowest BCUT2D eigenvalue weighted by molar-refractivity contribution is -0.223. The predicted octanol–water partition coefficient (Wildman–Crippen LogP) is 2.83. The number of anilines is 1. The van der Waals surface area contributed by atoms with Gasteiger partial charge in [0.15, 0.2) is 6.10 Å². The molecule has 0 radical (unpaired) electrons. The van der Waals surface area contributed by atoms with Crippen LogP contribution in [0, 0.1) is 5.82 Å². The highest BCUT2D eigenvalue weighted by molar-refractivity contribution is 5.53. The maximum Gasteiger partial charge on any atom is 0.419 e. The number of fused-ring (bicyclic) bond motifs is 1. The van der Waals surface area contributed by atoms with Crippen molar-refractivity contribution in [2.75, 3.05) is 12.0 Å². The molecule has 0 aromatic heterocycles. The van der Waals surface area contributed by atoms with E-state index in [1.165, 1.54) is 6.07 Å². The van der Waals surface area contributed by atoms with Crippen molar-refractivity contribution in [3.8, 4) is 0 Å². The zero-order chi connectivity index (χ0) is 11.1. The molecule has 0 saturated heterocycles. The maximum absolute atomic E-state index is 12.8. The van der Waals surface area contributed by atoms with Crippen LogP contribution in [0.15, 0.2) is 18.2 Å². The van der Waals surface area contributed by atoms with E-state index in [2.05, 4.69) is 10.1 Å². The molecule has 82 valence electrons. The third-order valence-corrected chi connectivity index (χ3v) is 2.11. The summed E-state index contributed by atoms with van der Waals surface area (Å²) in [5.74, 6) is -0.713. The van der Waals surface area contributed by atoms with Crippen molar-refractivity contribution in [1.82, 2.24) is 0 Å². The van der Waals surface area contributed by atoms with E-state index in [-0.39, 0.29) is 18.0 Å². The molecule has 0 bridgehead atoms. The van der Waals surface area contributed by atoms with Crippen LogP contribution in [0.2, 0.25) is 0 Å². The normalized spacial score (nSPS) is 20.7. The first-order valence-corrected chi connectivity index (χ1v) is 4.20. The molecule has 1 N–H and O–H groups in total. The van der Waals surface area contributed by atoms with Gasteiger partial charge in [0, 0.05) is 11.3 Å². The summed E-state index contributed by atoms with van der Waals surface area (Å²) in [6.45, 7) is -0.233. The van der Waals surface area contributed by atoms with Gasteiger partial charge in [-0.3, -0.25) is 0 Å². The van der Waals surface area contributed by atoms with Gasteiger partial charge in [0.1, 0.15) is 12.5 Å². The molecule has 1 aliphatic heterocycles. The van der Waals surface area contributed by atoms with Gasteiger partial charge in [-0.2, -0.15) is 13.2 Å². The van der Waals surface area contributed by atoms with Gasteiger partial charge in [-0.25, -0.2) is 4.39 Å². The Balaban J connectivity index is 2.45. The number of halogens is 4. The van der Waals surface area contributed by atoms with Crippen LogP contribution in [0.3, 0.4) is 0 Å². The Morgan fingerprint density at radius 3 is 2.73 bits per heavy atom. The van der Waals surface area contributed by atoms with Crippen molar-refractivity contribution in [2.24, 2.45) is 0 Å². The summed E-state index contributed by atoms with van der Waals surface area (Å²) in [4.78, 5) is 0. The lowest BCUT2D eigenvalue weighted by Gasteiger charge is -2.28. The Bertz CT molecular complexity index is 377. The highest BCUT2D eigenvalue weighted by Gasteiger charge is 2.44. The fraction of sp³-hybridized carbons (Fsp3) is 0.333. The molecule has 0 saturated carbocycles. The summed E-state index contributed by atoms with van der Waals surface area (Å²) in [5.41, 5.74) is 0.0405. The average molecular weight is 221 g/mol. The first-order chi connectivity index (χ1) is 6.98. The molecule has 0 amide bonds. The largest absolute Gasteiger partial charge is 0.419 e. The molecule has 1 unspecified atom stereocenters. The molecule has 1 aromatic rings. The van der Waals surface area contributed by atoms with Crippen molar-refractivity contribution in [3.05, 3.63) is 29.6 Å². The Labute approximate surface area is 82.8 Å². The smallest absolute Gasteiger partial charge is 0.362 e. The standard InChI is InChI=1S/C9H7F4NO/c10-5-1-2-7-6(3-5)8(9(11,12)13)15-4-14-7/h1-3,8,14H,4H2. The molecule has 6 heteroatoms. The van der Waals surface area contributed by atoms with Crippen LogP contribution in [0.1, 0.15) is 11.7 Å². The van der Waals surface area contributed by atoms with Gasteiger partial charge in [-0.15, -0.1) is 0 Å². The lowest BCUT2D eigenvalue weighted by atomic mass is 10.1. The third kappa shape index (κ3) is 1.90. The van der Waals surface area contributed by atoms with Crippen LogP contribution < -0.4 is 5.32 Å². The summed E-state index contributed by atoms with van der Waals surface area (Å²) in [6, 6.07) is 3.20. The summed E-state index contributed by atoms with van der Waals surface area (Å²) in [5, 5.41) is 2.60. The third-order valence-electron chi connectivity index (χ3n) is 2.11. The minimum absolute atomic E-state index is 0.214. The molecule has 0 aliphatic carbocycles. The summed E-state index contributed by atoms with van der Waals surface area (Å²) >= 11 is 0. The van der Waals surface area contributed by atoms with E-state index in [9.17, 15) is 17.6 Å². The lowest BCUT2D eigenvalue weighted by Crippen LogP contribution is -2.30. The highest BCUT2D eigenvalue weighted by atomic mass is 19.4. The van der Waals surface area contributed by atoms with E-state index in [0.717, 1.165) is 12.1 Å². The number of benzene rings is 1. The molecule has 2 rings (SSSR count). The van der Waals surface area contributed by atoms with Crippen molar-refractivity contribution in [1.29, 1.82) is 0 Å². The van der Waals surface area contributed by atoms with E-state index in [0.29, 0.717) is 0 Å². The number of alkyl halides is 3. The molecule has 15 heavy (non-hydrogen) atoms. The number of nitrogens with one attached hydrogen (secondary N) is 1. The van der Waals surface area contributed by atoms with Gasteiger partial charge < -0.3 is 10.1 Å². The van der Waals surface area contributed by atoms with E-state index in [1.54, 1.807) is 0 Å². The van der Waals surface area contributed by atoms with Gasteiger partial charge in [-0.1, -0.05) is 0 Å². The van der Waals surface area contributed by atoms with Gasteiger partial charge in [0.2, 0.25) is 0 Å². The molecule has 0 spiro atoms. The monoisotopic (exact) mass is 221 g/mol. The van der Waals surface area contributed by atoms with E-state index < -0.39 is 18.1 Å². The minimum Gasteiger partial charge on any atom is -0.362 e. The van der Waals surface area contributed by atoms with Crippen molar-refractivity contribution < 1.29 is 22.3 Å². The van der Waals surface area contributed by atoms with Crippen LogP contribution in [0.4, 0.5) is 23.2 Å². The SMILES string of the molecule is Fc1ccc2c(c1)C(C(F)(F)F)OCN2. The van der Waals surface area contributed by atoms with Gasteiger partial charge >= 0.3 is 6.18 Å². The minimum atomic E-state index is -4.52. The van der Waals surface area contributed by atoms with Crippen molar-refractivity contribution >= 4 is 5.69 Å². The van der Waals surface area contributed by atoms with Crippen molar-refractivity contribution in [3.63, 3.8) is 0 Å². The Morgan fingerprint density at radius 1 is 1.33 bits per heavy atom. The van der Waals surface area contributed by atoms with Crippen LogP contribution in [0.25, 0.3) is 0 Å². The summed E-state index contributed by atoms with van der Waals surface area (Å²) < 4.78 is 54.8. The quantitative estimate of drug-likeness (QED) is 0.680. The van der Waals surface area contributed by atoms with Crippen LogP contribution in [0.5, 0.6) is 0 Å². The predicted molar refractivity (Wildman–Crippen MR) is 44.8 cm³/mol. The molecule has 1 aliphatic rings. The van der Waals surface area contributed by atoms with Crippen molar-refractivity contribution in [2.45, 2.75) is 12.3 Å². The highest BCUT2D eigenvalue weighted by Crippen LogP contribution is 2.41.